The van der Waals surface area contributed by atoms with E-state index in [1.165, 1.54) is 0 Å². The Kier molecular flexibility index (Phi) is 6.33. The van der Waals surface area contributed by atoms with E-state index in [1.807, 2.05) is 7.05 Å². The molecule has 0 aromatic carbocycles. The Labute approximate surface area is 88.5 Å². The predicted octanol–water partition coefficient (Wildman–Crippen LogP) is 1.08. The van der Waals surface area contributed by atoms with E-state index in [4.69, 9.17) is 5.11 Å². The van der Waals surface area contributed by atoms with Crippen LogP contribution >= 0.6 is 0 Å². The maximum absolute atomic E-state index is 9.02. The largest absolute Gasteiger partial charge is 0.395 e. The number of nitrogens with zero attached hydrogens (tertiary/aromatic N) is 1. The Balaban J connectivity index is 3.88. The highest BCUT2D eigenvalue weighted by Gasteiger charge is 2.21. The summed E-state index contributed by atoms with van der Waals surface area (Å²) in [5.74, 6) is 0. The zero-order valence-electron chi connectivity index (χ0n) is 10.3. The fourth-order valence-corrected chi connectivity index (χ4v) is 1.25. The van der Waals surface area contributed by atoms with Gasteiger partial charge in [-0.15, -0.1) is 0 Å². The number of aliphatic hydroxyl groups excluding tert-OH is 1. The molecule has 86 valence electrons. The molecule has 1 atom stereocenters. The van der Waals surface area contributed by atoms with Crippen molar-refractivity contribution >= 4 is 0 Å². The minimum Gasteiger partial charge on any atom is -0.395 e. The van der Waals surface area contributed by atoms with Crippen LogP contribution in [0.5, 0.6) is 0 Å². The van der Waals surface area contributed by atoms with Crippen LogP contribution in [0.25, 0.3) is 0 Å². The van der Waals surface area contributed by atoms with Gasteiger partial charge in [-0.05, 0) is 47.3 Å². The molecule has 0 rings (SSSR count). The second kappa shape index (κ2) is 6.38. The van der Waals surface area contributed by atoms with E-state index in [-0.39, 0.29) is 18.2 Å². The minimum absolute atomic E-state index is 0.219. The molecule has 0 fully saturated rings. The first-order valence-electron chi connectivity index (χ1n) is 5.47. The summed E-state index contributed by atoms with van der Waals surface area (Å²) < 4.78 is 0. The van der Waals surface area contributed by atoms with Gasteiger partial charge in [0.25, 0.3) is 0 Å². The highest BCUT2D eigenvalue weighted by atomic mass is 16.3. The molecule has 14 heavy (non-hydrogen) atoms. The molecule has 0 bridgehead atoms. The molecule has 0 saturated heterocycles. The zero-order valence-corrected chi connectivity index (χ0v) is 10.3. The lowest BCUT2D eigenvalue weighted by atomic mass is 9.99. The van der Waals surface area contributed by atoms with Gasteiger partial charge in [-0.3, -0.25) is 0 Å². The highest BCUT2D eigenvalue weighted by Crippen LogP contribution is 2.16. The molecule has 0 aromatic heterocycles. The zero-order chi connectivity index (χ0) is 11.2. The van der Waals surface area contributed by atoms with Gasteiger partial charge in [0, 0.05) is 11.6 Å². The first kappa shape index (κ1) is 13.9. The van der Waals surface area contributed by atoms with Gasteiger partial charge in [-0.1, -0.05) is 6.92 Å². The first-order chi connectivity index (χ1) is 6.47. The van der Waals surface area contributed by atoms with Crippen molar-refractivity contribution in [2.45, 2.75) is 45.2 Å². The van der Waals surface area contributed by atoms with Crippen LogP contribution in [0.1, 0.15) is 33.6 Å². The van der Waals surface area contributed by atoms with Crippen molar-refractivity contribution < 1.29 is 5.11 Å². The summed E-state index contributed by atoms with van der Waals surface area (Å²) in [6, 6.07) is 0.227. The normalized spacial score (nSPS) is 14.8. The van der Waals surface area contributed by atoms with Gasteiger partial charge in [-0.2, -0.15) is 0 Å². The molecule has 0 radical (unpaired) electrons. The second-order valence-corrected chi connectivity index (χ2v) is 4.54. The summed E-state index contributed by atoms with van der Waals surface area (Å²) in [5, 5.41) is 12.1. The van der Waals surface area contributed by atoms with Gasteiger partial charge in [0.15, 0.2) is 0 Å². The van der Waals surface area contributed by atoms with Gasteiger partial charge in [0.1, 0.15) is 0 Å². The van der Waals surface area contributed by atoms with E-state index < -0.39 is 0 Å². The Bertz CT molecular complexity index is 144. The number of rotatable bonds is 7. The molecule has 0 aliphatic carbocycles. The Morgan fingerprint density at radius 1 is 1.43 bits per heavy atom. The third-order valence-corrected chi connectivity index (χ3v) is 3.34. The maximum Gasteiger partial charge on any atom is 0.0585 e. The van der Waals surface area contributed by atoms with Gasteiger partial charge in [0.2, 0.25) is 0 Å². The highest BCUT2D eigenvalue weighted by molar-refractivity contribution is 4.78. The summed E-state index contributed by atoms with van der Waals surface area (Å²) in [6.07, 6.45) is 2.14. The number of nitrogens with one attached hydrogen (secondary N) is 1. The average Bonchev–Trinajstić information content (AvgIpc) is 2.19. The third kappa shape index (κ3) is 4.40. The van der Waals surface area contributed by atoms with Gasteiger partial charge >= 0.3 is 0 Å². The van der Waals surface area contributed by atoms with E-state index in [0.717, 1.165) is 19.4 Å². The Morgan fingerprint density at radius 2 is 2.00 bits per heavy atom. The molecular formula is C11H26N2O. The van der Waals surface area contributed by atoms with Crippen molar-refractivity contribution in [1.82, 2.24) is 10.2 Å². The van der Waals surface area contributed by atoms with Gasteiger partial charge < -0.3 is 15.3 Å². The fourth-order valence-electron chi connectivity index (χ4n) is 1.25. The lowest BCUT2D eigenvalue weighted by molar-refractivity contribution is 0.136. The summed E-state index contributed by atoms with van der Waals surface area (Å²) >= 11 is 0. The van der Waals surface area contributed by atoms with E-state index in [2.05, 4.69) is 38.0 Å². The number of aliphatic hydroxyl groups is 1. The lowest BCUT2D eigenvalue weighted by Gasteiger charge is -2.35. The van der Waals surface area contributed by atoms with Crippen LogP contribution in [0.4, 0.5) is 0 Å². The number of likely N-dealkylation sites (N-methyl/N-ethyl adjacent to an activating group) is 1. The van der Waals surface area contributed by atoms with E-state index in [9.17, 15) is 0 Å². The van der Waals surface area contributed by atoms with Crippen LogP contribution in [-0.4, -0.2) is 48.8 Å². The molecule has 2 N–H and O–H groups in total. The summed E-state index contributed by atoms with van der Waals surface area (Å²) in [5.41, 5.74) is 0.258. The second-order valence-electron chi connectivity index (χ2n) is 4.54. The molecule has 1 unspecified atom stereocenters. The molecular weight excluding hydrogens is 176 g/mol. The minimum atomic E-state index is 0.219. The summed E-state index contributed by atoms with van der Waals surface area (Å²) in [4.78, 5) is 2.35. The molecule has 0 heterocycles. The number of hydrogen-bond donors (Lipinski definition) is 2. The van der Waals surface area contributed by atoms with Crippen molar-refractivity contribution in [3.63, 3.8) is 0 Å². The summed E-state index contributed by atoms with van der Waals surface area (Å²) in [7, 11) is 4.04. The SMILES string of the molecule is CCC(C)(C)N(C)CCC(CO)NC. The van der Waals surface area contributed by atoms with Gasteiger partial charge in [0.05, 0.1) is 6.61 Å². The molecule has 0 saturated carbocycles. The predicted molar refractivity (Wildman–Crippen MR) is 61.6 cm³/mol. The Morgan fingerprint density at radius 3 is 2.36 bits per heavy atom. The first-order valence-corrected chi connectivity index (χ1v) is 5.47. The molecule has 0 aromatic rings. The maximum atomic E-state index is 9.02. The topological polar surface area (TPSA) is 35.5 Å². The number of hydrogen-bond acceptors (Lipinski definition) is 3. The van der Waals surface area contributed by atoms with Gasteiger partial charge in [-0.25, -0.2) is 0 Å². The fraction of sp³-hybridized carbons (Fsp3) is 1.00. The van der Waals surface area contributed by atoms with Crippen molar-refractivity contribution in [1.29, 1.82) is 0 Å². The van der Waals surface area contributed by atoms with Crippen molar-refractivity contribution in [2.24, 2.45) is 0 Å². The third-order valence-electron chi connectivity index (χ3n) is 3.34. The smallest absolute Gasteiger partial charge is 0.0585 e. The summed E-state index contributed by atoms with van der Waals surface area (Å²) in [6.45, 7) is 7.95. The van der Waals surface area contributed by atoms with Crippen LogP contribution in [-0.2, 0) is 0 Å². The van der Waals surface area contributed by atoms with Crippen molar-refractivity contribution in [3.8, 4) is 0 Å². The quantitative estimate of drug-likeness (QED) is 0.648. The van der Waals surface area contributed by atoms with Crippen LogP contribution in [0.15, 0.2) is 0 Å². The van der Waals surface area contributed by atoms with E-state index >= 15 is 0 Å². The molecule has 3 nitrogen and oxygen atoms in total. The van der Waals surface area contributed by atoms with Crippen LogP contribution in [0.2, 0.25) is 0 Å². The molecule has 0 spiro atoms. The Hall–Kier alpha value is -0.120. The average molecular weight is 202 g/mol. The van der Waals surface area contributed by atoms with Crippen LogP contribution < -0.4 is 5.32 Å². The lowest BCUT2D eigenvalue weighted by Crippen LogP contribution is -2.43. The van der Waals surface area contributed by atoms with Crippen LogP contribution in [0, 0.1) is 0 Å². The van der Waals surface area contributed by atoms with E-state index in [0.29, 0.717) is 0 Å². The van der Waals surface area contributed by atoms with Crippen molar-refractivity contribution in [3.05, 3.63) is 0 Å². The van der Waals surface area contributed by atoms with E-state index in [1.54, 1.807) is 0 Å². The van der Waals surface area contributed by atoms with Crippen LogP contribution in [0.3, 0.4) is 0 Å². The molecule has 0 amide bonds. The van der Waals surface area contributed by atoms with Crippen molar-refractivity contribution in [2.75, 3.05) is 27.2 Å². The standard InChI is InChI=1S/C11H26N2O/c1-6-11(2,3)13(5)8-7-10(9-14)12-4/h10,12,14H,6-9H2,1-5H3. The monoisotopic (exact) mass is 202 g/mol. The molecule has 0 aliphatic rings. The molecule has 3 heteroatoms. The molecule has 0 aliphatic heterocycles.